The van der Waals surface area contributed by atoms with Crippen molar-refractivity contribution >= 4 is 5.97 Å². The lowest BCUT2D eigenvalue weighted by molar-refractivity contribution is -0.141. The van der Waals surface area contributed by atoms with Crippen LogP contribution < -0.4 is 0 Å². The first kappa shape index (κ1) is 9.00. The number of rotatable bonds is 2. The Morgan fingerprint density at radius 2 is 1.92 bits per heavy atom. The van der Waals surface area contributed by atoms with Gasteiger partial charge in [0.15, 0.2) is 0 Å². The maximum absolute atomic E-state index is 10.7. The molecule has 2 fully saturated rings. The van der Waals surface area contributed by atoms with Crippen LogP contribution in [0.3, 0.4) is 0 Å². The average molecular weight is 183 g/mol. The molecule has 3 nitrogen and oxygen atoms in total. The number of nitrogens with zero attached hydrogens (tertiary/aromatic N) is 1. The molecule has 1 aliphatic heterocycles. The SMILES string of the molecule is O=C(O)C1CCC(N2CCCC2)C1. The quantitative estimate of drug-likeness (QED) is 0.702. The van der Waals surface area contributed by atoms with Crippen molar-refractivity contribution in [1.29, 1.82) is 0 Å². The molecule has 3 heteroatoms. The summed E-state index contributed by atoms with van der Waals surface area (Å²) >= 11 is 0. The van der Waals surface area contributed by atoms with Gasteiger partial charge in [-0.05, 0) is 45.2 Å². The molecule has 0 bridgehead atoms. The molecule has 0 amide bonds. The van der Waals surface area contributed by atoms with Crippen molar-refractivity contribution in [1.82, 2.24) is 4.90 Å². The number of likely N-dealkylation sites (tertiary alicyclic amines) is 1. The van der Waals surface area contributed by atoms with E-state index in [1.165, 1.54) is 25.9 Å². The van der Waals surface area contributed by atoms with Crippen LogP contribution in [0.2, 0.25) is 0 Å². The smallest absolute Gasteiger partial charge is 0.306 e. The van der Waals surface area contributed by atoms with Crippen LogP contribution in [0.15, 0.2) is 0 Å². The van der Waals surface area contributed by atoms with Gasteiger partial charge in [-0.3, -0.25) is 4.79 Å². The molecule has 2 atom stereocenters. The molecule has 0 aromatic carbocycles. The normalized spacial score (nSPS) is 35.4. The van der Waals surface area contributed by atoms with E-state index in [1.54, 1.807) is 0 Å². The third-order valence-electron chi connectivity index (χ3n) is 3.41. The topological polar surface area (TPSA) is 40.5 Å². The van der Waals surface area contributed by atoms with Gasteiger partial charge in [0, 0.05) is 6.04 Å². The van der Waals surface area contributed by atoms with E-state index in [-0.39, 0.29) is 5.92 Å². The average Bonchev–Trinajstić information content (AvgIpc) is 2.75. The van der Waals surface area contributed by atoms with Gasteiger partial charge in [0.1, 0.15) is 0 Å². The van der Waals surface area contributed by atoms with Crippen molar-refractivity contribution in [3.8, 4) is 0 Å². The molecule has 1 saturated heterocycles. The minimum atomic E-state index is -0.596. The van der Waals surface area contributed by atoms with Gasteiger partial charge in [0.05, 0.1) is 5.92 Å². The summed E-state index contributed by atoms with van der Waals surface area (Å²) in [7, 11) is 0. The summed E-state index contributed by atoms with van der Waals surface area (Å²) in [5, 5.41) is 8.86. The molecule has 1 N–H and O–H groups in total. The van der Waals surface area contributed by atoms with Crippen molar-refractivity contribution in [2.45, 2.75) is 38.1 Å². The third-order valence-corrected chi connectivity index (χ3v) is 3.41. The Balaban J connectivity index is 1.86. The fraction of sp³-hybridized carbons (Fsp3) is 0.900. The molecule has 74 valence electrons. The van der Waals surface area contributed by atoms with Crippen LogP contribution in [0.4, 0.5) is 0 Å². The molecular weight excluding hydrogens is 166 g/mol. The largest absolute Gasteiger partial charge is 0.481 e. The second-order valence-electron chi connectivity index (χ2n) is 4.25. The first-order valence-corrected chi connectivity index (χ1v) is 5.24. The number of aliphatic carboxylic acids is 1. The van der Waals surface area contributed by atoms with Crippen LogP contribution in [-0.2, 0) is 4.79 Å². The van der Waals surface area contributed by atoms with Crippen molar-refractivity contribution in [3.05, 3.63) is 0 Å². The molecule has 2 aliphatic rings. The molecule has 1 saturated carbocycles. The summed E-state index contributed by atoms with van der Waals surface area (Å²) < 4.78 is 0. The van der Waals surface area contributed by atoms with Crippen LogP contribution in [0, 0.1) is 5.92 Å². The summed E-state index contributed by atoms with van der Waals surface area (Å²) in [4.78, 5) is 13.2. The van der Waals surface area contributed by atoms with E-state index in [9.17, 15) is 4.79 Å². The molecule has 13 heavy (non-hydrogen) atoms. The fourth-order valence-corrected chi connectivity index (χ4v) is 2.62. The summed E-state index contributed by atoms with van der Waals surface area (Å²) in [6, 6.07) is 0.573. The van der Waals surface area contributed by atoms with Gasteiger partial charge < -0.3 is 10.0 Å². The van der Waals surface area contributed by atoms with Gasteiger partial charge in [-0.2, -0.15) is 0 Å². The van der Waals surface area contributed by atoms with Crippen LogP contribution >= 0.6 is 0 Å². The van der Waals surface area contributed by atoms with Crippen LogP contribution in [0.1, 0.15) is 32.1 Å². The lowest BCUT2D eigenvalue weighted by atomic mass is 10.1. The Morgan fingerprint density at radius 1 is 1.23 bits per heavy atom. The Bertz CT molecular complexity index is 199. The molecule has 2 unspecified atom stereocenters. The first-order valence-electron chi connectivity index (χ1n) is 5.24. The maximum atomic E-state index is 10.7. The zero-order valence-electron chi connectivity index (χ0n) is 7.91. The van der Waals surface area contributed by atoms with E-state index in [1.807, 2.05) is 0 Å². The standard InChI is InChI=1S/C10H17NO2/c12-10(13)8-3-4-9(7-8)11-5-1-2-6-11/h8-9H,1-7H2,(H,12,13). The zero-order chi connectivity index (χ0) is 9.26. The molecule has 2 rings (SSSR count). The minimum Gasteiger partial charge on any atom is -0.481 e. The van der Waals surface area contributed by atoms with Gasteiger partial charge >= 0.3 is 5.97 Å². The molecule has 0 spiro atoms. The molecule has 1 aliphatic carbocycles. The van der Waals surface area contributed by atoms with Gasteiger partial charge in [-0.1, -0.05) is 0 Å². The second kappa shape index (κ2) is 3.66. The Labute approximate surface area is 78.7 Å². The Morgan fingerprint density at radius 3 is 2.46 bits per heavy atom. The van der Waals surface area contributed by atoms with E-state index in [0.717, 1.165) is 19.3 Å². The molecule has 1 heterocycles. The zero-order valence-corrected chi connectivity index (χ0v) is 7.91. The van der Waals surface area contributed by atoms with Gasteiger partial charge in [0.2, 0.25) is 0 Å². The highest BCUT2D eigenvalue weighted by atomic mass is 16.4. The van der Waals surface area contributed by atoms with E-state index in [4.69, 9.17) is 5.11 Å². The molecule has 0 radical (unpaired) electrons. The highest BCUT2D eigenvalue weighted by Gasteiger charge is 2.33. The van der Waals surface area contributed by atoms with Crippen molar-refractivity contribution in [3.63, 3.8) is 0 Å². The predicted octanol–water partition coefficient (Wildman–Crippen LogP) is 1.34. The summed E-state index contributed by atoms with van der Waals surface area (Å²) in [6.07, 6.45) is 5.46. The van der Waals surface area contributed by atoms with Crippen LogP contribution in [0.25, 0.3) is 0 Å². The highest BCUT2D eigenvalue weighted by Crippen LogP contribution is 2.31. The van der Waals surface area contributed by atoms with Crippen LogP contribution in [-0.4, -0.2) is 35.1 Å². The Kier molecular flexibility index (Phi) is 2.54. The number of carbonyl (C=O) groups is 1. The van der Waals surface area contributed by atoms with Crippen molar-refractivity contribution < 1.29 is 9.90 Å². The number of hydrogen-bond acceptors (Lipinski definition) is 2. The Hall–Kier alpha value is -0.570. The predicted molar refractivity (Wildman–Crippen MR) is 49.6 cm³/mol. The molecule has 0 aromatic heterocycles. The monoisotopic (exact) mass is 183 g/mol. The minimum absolute atomic E-state index is 0.0643. The van der Waals surface area contributed by atoms with E-state index >= 15 is 0 Å². The van der Waals surface area contributed by atoms with Gasteiger partial charge in [-0.15, -0.1) is 0 Å². The van der Waals surface area contributed by atoms with Gasteiger partial charge in [0.25, 0.3) is 0 Å². The number of carboxylic acids is 1. The highest BCUT2D eigenvalue weighted by molar-refractivity contribution is 5.70. The fourth-order valence-electron chi connectivity index (χ4n) is 2.62. The van der Waals surface area contributed by atoms with E-state index < -0.39 is 5.97 Å². The molecular formula is C10H17NO2. The first-order chi connectivity index (χ1) is 6.27. The van der Waals surface area contributed by atoms with E-state index in [0.29, 0.717) is 6.04 Å². The van der Waals surface area contributed by atoms with Crippen molar-refractivity contribution in [2.24, 2.45) is 5.92 Å². The summed E-state index contributed by atoms with van der Waals surface area (Å²) in [6.45, 7) is 2.38. The lowest BCUT2D eigenvalue weighted by Crippen LogP contribution is -2.30. The maximum Gasteiger partial charge on any atom is 0.306 e. The summed E-state index contributed by atoms with van der Waals surface area (Å²) in [5.74, 6) is -0.660. The second-order valence-corrected chi connectivity index (χ2v) is 4.25. The van der Waals surface area contributed by atoms with Crippen molar-refractivity contribution in [2.75, 3.05) is 13.1 Å². The number of hydrogen-bond donors (Lipinski definition) is 1. The third kappa shape index (κ3) is 1.85. The lowest BCUT2D eigenvalue weighted by Gasteiger charge is -2.22. The number of carboxylic acid groups (broad SMARTS) is 1. The summed E-state index contributed by atoms with van der Waals surface area (Å²) in [5.41, 5.74) is 0. The molecule has 0 aromatic rings. The van der Waals surface area contributed by atoms with Crippen LogP contribution in [0.5, 0.6) is 0 Å². The van der Waals surface area contributed by atoms with Gasteiger partial charge in [-0.25, -0.2) is 0 Å². The van der Waals surface area contributed by atoms with E-state index in [2.05, 4.69) is 4.90 Å².